The summed E-state index contributed by atoms with van der Waals surface area (Å²) in [6.07, 6.45) is 1.70. The van der Waals surface area contributed by atoms with Crippen LogP contribution >= 0.6 is 11.6 Å². The largest absolute Gasteiger partial charge is 0.373 e. The minimum absolute atomic E-state index is 0.107. The number of aryl methyl sites for hydroxylation is 1. The summed E-state index contributed by atoms with van der Waals surface area (Å²) in [5, 5.41) is 0. The van der Waals surface area contributed by atoms with Crippen LogP contribution in [0.25, 0.3) is 0 Å². The highest BCUT2D eigenvalue weighted by Crippen LogP contribution is 2.15. The molecule has 0 amide bonds. The topological polar surface area (TPSA) is 38.2 Å². The fourth-order valence-corrected chi connectivity index (χ4v) is 1.82. The molecule has 1 unspecified atom stereocenters. The molecule has 0 radical (unpaired) electrons. The minimum Gasteiger partial charge on any atom is -0.373 e. The summed E-state index contributed by atoms with van der Waals surface area (Å²) in [5.41, 5.74) is 0.980. The van der Waals surface area contributed by atoms with Crippen LogP contribution in [-0.2, 0) is 4.74 Å². The van der Waals surface area contributed by atoms with Crippen molar-refractivity contribution in [3.8, 4) is 0 Å². The third-order valence-electron chi connectivity index (χ3n) is 2.42. The minimum atomic E-state index is 0.107. The van der Waals surface area contributed by atoms with Crippen LogP contribution in [0.15, 0.2) is 12.4 Å². The van der Waals surface area contributed by atoms with E-state index in [-0.39, 0.29) is 6.10 Å². The lowest BCUT2D eigenvalue weighted by atomic mass is 10.3. The molecule has 1 atom stereocenters. The van der Waals surface area contributed by atoms with Gasteiger partial charge in [0.2, 0.25) is 0 Å². The number of alkyl halides is 1. The summed E-state index contributed by atoms with van der Waals surface area (Å²) in [4.78, 5) is 10.5. The number of aromatic nitrogens is 2. The maximum absolute atomic E-state index is 5.78. The van der Waals surface area contributed by atoms with Gasteiger partial charge in [-0.3, -0.25) is 0 Å². The lowest BCUT2D eigenvalue weighted by Crippen LogP contribution is -2.43. The number of hydrogen-bond donors (Lipinski definition) is 0. The smallest absolute Gasteiger partial charge is 0.132 e. The van der Waals surface area contributed by atoms with E-state index < -0.39 is 0 Å². The normalized spacial score (nSPS) is 21.7. The van der Waals surface area contributed by atoms with E-state index in [9.17, 15) is 0 Å². The second-order valence-corrected chi connectivity index (χ2v) is 3.92. The van der Waals surface area contributed by atoms with Gasteiger partial charge in [-0.15, -0.1) is 11.6 Å². The van der Waals surface area contributed by atoms with Crippen LogP contribution in [-0.4, -0.2) is 41.6 Å². The number of anilines is 1. The molecule has 0 spiro atoms. The standard InChI is InChI=1S/C10H14ClN3O/c1-8-4-10(13-7-12-8)14-2-3-15-9(5-11)6-14/h4,7,9H,2-3,5-6H2,1H3. The highest BCUT2D eigenvalue weighted by Gasteiger charge is 2.20. The molecule has 2 rings (SSSR count). The van der Waals surface area contributed by atoms with E-state index >= 15 is 0 Å². The SMILES string of the molecule is Cc1cc(N2CCOC(CCl)C2)ncn1. The molecule has 5 heteroatoms. The maximum atomic E-state index is 5.78. The van der Waals surface area contributed by atoms with Crippen molar-refractivity contribution >= 4 is 17.4 Å². The van der Waals surface area contributed by atoms with Crippen molar-refractivity contribution < 1.29 is 4.74 Å². The summed E-state index contributed by atoms with van der Waals surface area (Å²) in [6.45, 7) is 4.34. The van der Waals surface area contributed by atoms with Crippen LogP contribution in [0.3, 0.4) is 0 Å². The van der Waals surface area contributed by atoms with Crippen LogP contribution in [0, 0.1) is 6.92 Å². The van der Waals surface area contributed by atoms with Gasteiger partial charge in [0.1, 0.15) is 12.1 Å². The molecule has 4 nitrogen and oxygen atoms in total. The second-order valence-electron chi connectivity index (χ2n) is 3.61. The number of morpholine rings is 1. The van der Waals surface area contributed by atoms with Crippen LogP contribution in [0.2, 0.25) is 0 Å². The zero-order chi connectivity index (χ0) is 10.7. The third kappa shape index (κ3) is 2.58. The number of rotatable bonds is 2. The van der Waals surface area contributed by atoms with Crippen LogP contribution < -0.4 is 4.90 Å². The Morgan fingerprint density at radius 3 is 3.20 bits per heavy atom. The molecule has 82 valence electrons. The van der Waals surface area contributed by atoms with Gasteiger partial charge in [-0.1, -0.05) is 0 Å². The molecule has 1 fully saturated rings. The van der Waals surface area contributed by atoms with Gasteiger partial charge >= 0.3 is 0 Å². The Labute approximate surface area is 94.2 Å². The molecule has 1 aliphatic heterocycles. The molecule has 2 heterocycles. The molecule has 15 heavy (non-hydrogen) atoms. The van der Waals surface area contributed by atoms with Crippen LogP contribution in [0.5, 0.6) is 0 Å². The van der Waals surface area contributed by atoms with Gasteiger partial charge in [-0.25, -0.2) is 9.97 Å². The first-order chi connectivity index (χ1) is 7.29. The quantitative estimate of drug-likeness (QED) is 0.713. The Morgan fingerprint density at radius 2 is 2.47 bits per heavy atom. The Kier molecular flexibility index (Phi) is 3.38. The molecule has 0 saturated carbocycles. The number of ether oxygens (including phenoxy) is 1. The van der Waals surface area contributed by atoms with Crippen LogP contribution in [0.1, 0.15) is 5.69 Å². The second kappa shape index (κ2) is 4.77. The Hall–Kier alpha value is -0.870. The van der Waals surface area contributed by atoms with Gasteiger partial charge in [-0.05, 0) is 6.92 Å². The van der Waals surface area contributed by atoms with Gasteiger partial charge in [0.25, 0.3) is 0 Å². The molecule has 1 aromatic rings. The van der Waals surface area contributed by atoms with Gasteiger partial charge in [0, 0.05) is 24.8 Å². The molecule has 1 aliphatic rings. The molecular formula is C10H14ClN3O. The predicted molar refractivity (Wildman–Crippen MR) is 59.4 cm³/mol. The lowest BCUT2D eigenvalue weighted by molar-refractivity contribution is 0.0551. The van der Waals surface area contributed by atoms with E-state index in [2.05, 4.69) is 14.9 Å². The fourth-order valence-electron chi connectivity index (χ4n) is 1.63. The Bertz CT molecular complexity index is 334. The zero-order valence-corrected chi connectivity index (χ0v) is 9.44. The average molecular weight is 228 g/mol. The van der Waals surface area contributed by atoms with Crippen molar-refractivity contribution in [1.29, 1.82) is 0 Å². The number of halogens is 1. The monoisotopic (exact) mass is 227 g/mol. The molecule has 1 saturated heterocycles. The van der Waals surface area contributed by atoms with Crippen LogP contribution in [0.4, 0.5) is 5.82 Å². The number of hydrogen-bond acceptors (Lipinski definition) is 4. The molecule has 1 aromatic heterocycles. The van der Waals surface area contributed by atoms with E-state index in [0.717, 1.165) is 24.6 Å². The molecular weight excluding hydrogens is 214 g/mol. The summed E-state index contributed by atoms with van der Waals surface area (Å²) in [7, 11) is 0. The molecule has 0 aromatic carbocycles. The average Bonchev–Trinajstić information content (AvgIpc) is 2.29. The molecule has 0 N–H and O–H groups in total. The lowest BCUT2D eigenvalue weighted by Gasteiger charge is -2.32. The van der Waals surface area contributed by atoms with Crippen molar-refractivity contribution in [2.75, 3.05) is 30.5 Å². The van der Waals surface area contributed by atoms with Gasteiger partial charge in [0.05, 0.1) is 18.6 Å². The van der Waals surface area contributed by atoms with E-state index in [4.69, 9.17) is 16.3 Å². The first kappa shape index (κ1) is 10.6. The van der Waals surface area contributed by atoms with E-state index in [1.165, 1.54) is 0 Å². The van der Waals surface area contributed by atoms with Crippen molar-refractivity contribution in [2.45, 2.75) is 13.0 Å². The third-order valence-corrected chi connectivity index (χ3v) is 2.77. The van der Waals surface area contributed by atoms with Crippen molar-refractivity contribution in [2.24, 2.45) is 0 Å². The van der Waals surface area contributed by atoms with Gasteiger partial charge in [0.15, 0.2) is 0 Å². The molecule has 0 aliphatic carbocycles. The van der Waals surface area contributed by atoms with Crippen molar-refractivity contribution in [1.82, 2.24) is 9.97 Å². The Morgan fingerprint density at radius 1 is 1.60 bits per heavy atom. The fraction of sp³-hybridized carbons (Fsp3) is 0.600. The van der Waals surface area contributed by atoms with Crippen molar-refractivity contribution in [3.05, 3.63) is 18.1 Å². The summed E-state index contributed by atoms with van der Waals surface area (Å²) < 4.78 is 5.49. The maximum Gasteiger partial charge on any atom is 0.132 e. The molecule has 0 bridgehead atoms. The summed E-state index contributed by atoms with van der Waals surface area (Å²) in [6, 6.07) is 1.98. The van der Waals surface area contributed by atoms with E-state index in [1.807, 2.05) is 13.0 Å². The first-order valence-electron chi connectivity index (χ1n) is 5.01. The summed E-state index contributed by atoms with van der Waals surface area (Å²) >= 11 is 5.78. The zero-order valence-electron chi connectivity index (χ0n) is 8.69. The summed E-state index contributed by atoms with van der Waals surface area (Å²) in [5.74, 6) is 1.49. The van der Waals surface area contributed by atoms with E-state index in [1.54, 1.807) is 6.33 Å². The van der Waals surface area contributed by atoms with E-state index in [0.29, 0.717) is 12.5 Å². The predicted octanol–water partition coefficient (Wildman–Crippen LogP) is 1.23. The van der Waals surface area contributed by atoms with Gasteiger partial charge < -0.3 is 9.64 Å². The Balaban J connectivity index is 2.09. The first-order valence-corrected chi connectivity index (χ1v) is 5.54. The van der Waals surface area contributed by atoms with Gasteiger partial charge in [-0.2, -0.15) is 0 Å². The highest BCUT2D eigenvalue weighted by atomic mass is 35.5. The number of nitrogens with zero attached hydrogens (tertiary/aromatic N) is 3. The highest BCUT2D eigenvalue weighted by molar-refractivity contribution is 6.18. The van der Waals surface area contributed by atoms with Crippen molar-refractivity contribution in [3.63, 3.8) is 0 Å².